The molecule has 8 heteroatoms. The van der Waals surface area contributed by atoms with Crippen molar-refractivity contribution >= 4 is 23.2 Å². The summed E-state index contributed by atoms with van der Waals surface area (Å²) in [6.45, 7) is 0.582. The second-order valence-electron chi connectivity index (χ2n) is 7.84. The molecule has 2 aromatic carbocycles. The minimum absolute atomic E-state index is 0.142. The number of nitrogens with one attached hydrogen (secondary N) is 1. The van der Waals surface area contributed by atoms with Gasteiger partial charge in [-0.1, -0.05) is 23.2 Å². The van der Waals surface area contributed by atoms with Crippen molar-refractivity contribution < 1.29 is 13.9 Å². The average molecular weight is 492 g/mol. The van der Waals surface area contributed by atoms with Crippen LogP contribution in [0.2, 0.25) is 10.0 Å². The van der Waals surface area contributed by atoms with E-state index in [-0.39, 0.29) is 11.1 Å². The first-order valence-electron chi connectivity index (χ1n) is 10.5. The molecular formula is C26H19Cl2N3O3. The lowest BCUT2D eigenvalue weighted by atomic mass is 9.94. The number of benzene rings is 2. The minimum Gasteiger partial charge on any atom is -0.493 e. The zero-order chi connectivity index (χ0) is 24.0. The van der Waals surface area contributed by atoms with Crippen molar-refractivity contribution in [3.05, 3.63) is 75.2 Å². The van der Waals surface area contributed by atoms with Crippen LogP contribution in [0.15, 0.2) is 52.9 Å². The highest BCUT2D eigenvalue weighted by atomic mass is 35.5. The normalized spacial score (nSPS) is 12.0. The summed E-state index contributed by atoms with van der Waals surface area (Å²) in [4.78, 5) is 0. The third kappa shape index (κ3) is 3.54. The number of hydrogen-bond acceptors (Lipinski definition) is 5. The zero-order valence-electron chi connectivity index (χ0n) is 18.4. The summed E-state index contributed by atoms with van der Waals surface area (Å²) in [5.41, 5.74) is 4.54. The van der Waals surface area contributed by atoms with E-state index in [4.69, 9.17) is 42.5 Å². The van der Waals surface area contributed by atoms with Crippen molar-refractivity contribution in [3.63, 3.8) is 0 Å². The van der Waals surface area contributed by atoms with Crippen LogP contribution in [0.4, 0.5) is 0 Å². The predicted octanol–water partition coefficient (Wildman–Crippen LogP) is 6.31. The third-order valence-electron chi connectivity index (χ3n) is 6.03. The Bertz CT molecular complexity index is 1550. The molecule has 0 saturated heterocycles. The van der Waals surface area contributed by atoms with Gasteiger partial charge in [0.1, 0.15) is 28.6 Å². The first-order valence-corrected chi connectivity index (χ1v) is 11.2. The number of aromatic nitrogens is 1. The van der Waals surface area contributed by atoms with Crippen LogP contribution in [0.5, 0.6) is 11.5 Å². The average Bonchev–Trinajstić information content (AvgIpc) is 3.34. The van der Waals surface area contributed by atoms with Gasteiger partial charge in [-0.15, -0.1) is 0 Å². The summed E-state index contributed by atoms with van der Waals surface area (Å²) in [6, 6.07) is 16.8. The molecule has 4 aromatic rings. The predicted molar refractivity (Wildman–Crippen MR) is 130 cm³/mol. The number of fused-ring (bicyclic) bond motifs is 3. The van der Waals surface area contributed by atoms with Crippen molar-refractivity contribution in [2.75, 3.05) is 14.2 Å². The fraction of sp³-hybridized carbons (Fsp3) is 0.154. The molecule has 1 aliphatic heterocycles. The molecule has 170 valence electrons. The van der Waals surface area contributed by atoms with E-state index in [9.17, 15) is 5.26 Å². The van der Waals surface area contributed by atoms with Crippen LogP contribution in [0.25, 0.3) is 33.9 Å². The molecule has 0 aliphatic carbocycles. The molecule has 0 unspecified atom stereocenters. The second kappa shape index (κ2) is 8.60. The summed E-state index contributed by atoms with van der Waals surface area (Å²) >= 11 is 12.2. The summed E-state index contributed by atoms with van der Waals surface area (Å²) in [5, 5.41) is 19.6. The number of rotatable bonds is 4. The monoisotopic (exact) mass is 491 g/mol. The summed E-state index contributed by atoms with van der Waals surface area (Å²) in [6.07, 6.45) is 0.714. The number of ether oxygens (including phenoxy) is 2. The Kier molecular flexibility index (Phi) is 5.60. The molecule has 34 heavy (non-hydrogen) atoms. The van der Waals surface area contributed by atoms with Crippen molar-refractivity contribution in [3.8, 4) is 51.5 Å². The molecule has 0 radical (unpaired) electrons. The maximum absolute atomic E-state index is 9.91. The molecule has 1 N–H and O–H groups in total. The van der Waals surface area contributed by atoms with E-state index < -0.39 is 0 Å². The molecule has 5 rings (SSSR count). The van der Waals surface area contributed by atoms with Gasteiger partial charge < -0.3 is 18.5 Å². The standard InChI is InChI=1S/C26H19Cl2N3O3/c1-32-24-10-14-7-8-31-21(16(14)12-25(24)33-2)11-17(18(13-29)26(31)30)23-6-5-22(34-23)15-3-4-19(27)20(28)9-15/h3-6,9-12,30H,7-8H2,1-2H3. The largest absolute Gasteiger partial charge is 0.493 e. The van der Waals surface area contributed by atoms with E-state index in [0.717, 1.165) is 22.4 Å². The molecule has 0 bridgehead atoms. The number of halogens is 2. The SMILES string of the molecule is COc1cc2c(cc1OC)-c1cc(-c3ccc(-c4ccc(Cl)c(Cl)c4)o3)c(C#N)c(=N)n1CC2. The summed E-state index contributed by atoms with van der Waals surface area (Å²) in [7, 11) is 3.20. The first-order chi connectivity index (χ1) is 16.4. The van der Waals surface area contributed by atoms with Gasteiger partial charge in [-0.25, -0.2) is 0 Å². The Balaban J connectivity index is 1.69. The van der Waals surface area contributed by atoms with Gasteiger partial charge in [0.05, 0.1) is 30.0 Å². The van der Waals surface area contributed by atoms with E-state index in [1.54, 1.807) is 32.4 Å². The van der Waals surface area contributed by atoms with Crippen LogP contribution < -0.4 is 15.0 Å². The summed E-state index contributed by atoms with van der Waals surface area (Å²) in [5.74, 6) is 2.34. The van der Waals surface area contributed by atoms with Crippen molar-refractivity contribution in [2.24, 2.45) is 0 Å². The molecule has 0 spiro atoms. The Morgan fingerprint density at radius 1 is 0.941 bits per heavy atom. The third-order valence-corrected chi connectivity index (χ3v) is 6.76. The lowest BCUT2D eigenvalue weighted by molar-refractivity contribution is 0.354. The van der Waals surface area contributed by atoms with Gasteiger partial charge in [-0.2, -0.15) is 5.26 Å². The number of hydrogen-bond donors (Lipinski definition) is 1. The highest BCUT2D eigenvalue weighted by Crippen LogP contribution is 2.40. The fourth-order valence-electron chi connectivity index (χ4n) is 4.32. The molecule has 0 atom stereocenters. The van der Waals surface area contributed by atoms with Crippen molar-refractivity contribution in [2.45, 2.75) is 13.0 Å². The maximum Gasteiger partial charge on any atom is 0.161 e. The van der Waals surface area contributed by atoms with Gasteiger partial charge in [0, 0.05) is 23.2 Å². The zero-order valence-corrected chi connectivity index (χ0v) is 19.9. The number of pyridine rings is 1. The van der Waals surface area contributed by atoms with Crippen LogP contribution in [0.1, 0.15) is 11.1 Å². The Hall–Kier alpha value is -3.66. The molecule has 0 fully saturated rings. The highest BCUT2D eigenvalue weighted by Gasteiger charge is 2.24. The molecule has 0 amide bonds. The number of nitriles is 1. The molecule has 3 heterocycles. The number of furan rings is 1. The van der Waals surface area contributed by atoms with E-state index in [1.165, 1.54) is 0 Å². The smallest absolute Gasteiger partial charge is 0.161 e. The number of methoxy groups -OCH3 is 2. The van der Waals surface area contributed by atoms with E-state index >= 15 is 0 Å². The molecule has 0 saturated carbocycles. The summed E-state index contributed by atoms with van der Waals surface area (Å²) < 4.78 is 18.9. The minimum atomic E-state index is 0.142. The van der Waals surface area contributed by atoms with Gasteiger partial charge >= 0.3 is 0 Å². The van der Waals surface area contributed by atoms with Crippen molar-refractivity contribution in [1.29, 1.82) is 10.7 Å². The Morgan fingerprint density at radius 2 is 1.68 bits per heavy atom. The van der Waals surface area contributed by atoms with Crippen molar-refractivity contribution in [1.82, 2.24) is 4.57 Å². The molecule has 6 nitrogen and oxygen atoms in total. The maximum atomic E-state index is 9.91. The van der Waals surface area contributed by atoms with Crippen LogP contribution in [-0.2, 0) is 13.0 Å². The van der Waals surface area contributed by atoms with E-state index in [0.29, 0.717) is 51.6 Å². The molecular weight excluding hydrogens is 473 g/mol. The van der Waals surface area contributed by atoms with Crippen LogP contribution in [0.3, 0.4) is 0 Å². The Morgan fingerprint density at radius 3 is 2.38 bits per heavy atom. The van der Waals surface area contributed by atoms with Gasteiger partial charge in [0.2, 0.25) is 0 Å². The van der Waals surface area contributed by atoms with Gasteiger partial charge in [-0.05, 0) is 60.5 Å². The van der Waals surface area contributed by atoms with Gasteiger partial charge in [-0.3, -0.25) is 5.41 Å². The van der Waals surface area contributed by atoms with Crippen LogP contribution in [-0.4, -0.2) is 18.8 Å². The lowest BCUT2D eigenvalue weighted by Gasteiger charge is -2.25. The number of aryl methyl sites for hydroxylation is 1. The first kappa shape index (κ1) is 22.1. The van der Waals surface area contributed by atoms with E-state index in [1.807, 2.05) is 34.9 Å². The van der Waals surface area contributed by atoms with Gasteiger partial charge in [0.25, 0.3) is 0 Å². The fourth-order valence-corrected chi connectivity index (χ4v) is 4.62. The van der Waals surface area contributed by atoms with E-state index in [2.05, 4.69) is 6.07 Å². The lowest BCUT2D eigenvalue weighted by Crippen LogP contribution is -2.28. The van der Waals surface area contributed by atoms with Crippen LogP contribution in [0, 0.1) is 16.7 Å². The van der Waals surface area contributed by atoms with Crippen LogP contribution >= 0.6 is 23.2 Å². The van der Waals surface area contributed by atoms with Gasteiger partial charge in [0.15, 0.2) is 11.5 Å². The number of nitrogens with zero attached hydrogens (tertiary/aromatic N) is 2. The molecule has 1 aliphatic rings. The molecule has 2 aromatic heterocycles. The quantitative estimate of drug-likeness (QED) is 0.362. The topological polar surface area (TPSA) is 84.2 Å². The Labute approximate surface area is 206 Å². The second-order valence-corrected chi connectivity index (χ2v) is 8.65. The highest BCUT2D eigenvalue weighted by molar-refractivity contribution is 6.42.